The molecule has 0 spiro atoms. The van der Waals surface area contributed by atoms with Gasteiger partial charge in [0, 0.05) is 6.54 Å². The molecule has 0 aliphatic heterocycles. The van der Waals surface area contributed by atoms with Gasteiger partial charge in [0.25, 0.3) is 0 Å². The van der Waals surface area contributed by atoms with Gasteiger partial charge in [0.2, 0.25) is 0 Å². The van der Waals surface area contributed by atoms with Crippen molar-refractivity contribution in [2.24, 2.45) is 0 Å². The number of nitrogens with zero attached hydrogens (tertiary/aromatic N) is 2. The van der Waals surface area contributed by atoms with Gasteiger partial charge in [0.05, 0.1) is 24.4 Å². The van der Waals surface area contributed by atoms with Crippen molar-refractivity contribution >= 4 is 0 Å². The molecule has 0 bridgehead atoms. The molecule has 0 atom stereocenters. The lowest BCUT2D eigenvalue weighted by Crippen LogP contribution is -2.17. The fraction of sp³-hybridized carbons (Fsp3) is 0.214. The van der Waals surface area contributed by atoms with Gasteiger partial charge in [-0.2, -0.15) is 5.26 Å². The molecule has 0 unspecified atom stereocenters. The highest BCUT2D eigenvalue weighted by atomic mass is 16.3. The summed E-state index contributed by atoms with van der Waals surface area (Å²) in [5, 5.41) is 9.00. The first kappa shape index (κ1) is 11.4. The fourth-order valence-corrected chi connectivity index (χ4v) is 1.78. The van der Waals surface area contributed by atoms with Crippen LogP contribution in [0, 0.1) is 11.3 Å². The molecule has 0 amide bonds. The maximum atomic E-state index is 9.00. The minimum Gasteiger partial charge on any atom is -0.468 e. The van der Waals surface area contributed by atoms with Crippen LogP contribution in [0.1, 0.15) is 16.9 Å². The van der Waals surface area contributed by atoms with Crippen molar-refractivity contribution in [3.63, 3.8) is 0 Å². The highest BCUT2D eigenvalue weighted by Crippen LogP contribution is 2.12. The quantitative estimate of drug-likeness (QED) is 0.804. The molecule has 2 aromatic rings. The fourth-order valence-electron chi connectivity index (χ4n) is 1.78. The van der Waals surface area contributed by atoms with E-state index in [2.05, 4.69) is 11.0 Å². The number of rotatable bonds is 4. The van der Waals surface area contributed by atoms with Crippen molar-refractivity contribution in [3.05, 3.63) is 59.5 Å². The van der Waals surface area contributed by atoms with E-state index in [0.717, 1.165) is 30.0 Å². The molecule has 0 aliphatic rings. The Morgan fingerprint density at radius 2 is 2.00 bits per heavy atom. The minimum atomic E-state index is 0.735. The Hall–Kier alpha value is -2.05. The predicted molar refractivity (Wildman–Crippen MR) is 65.0 cm³/mol. The lowest BCUT2D eigenvalue weighted by atomic mass is 10.1. The Kier molecular flexibility index (Phi) is 3.59. The highest BCUT2D eigenvalue weighted by molar-refractivity contribution is 5.37. The summed E-state index contributed by atoms with van der Waals surface area (Å²) in [7, 11) is 2.01. The Balaban J connectivity index is 2.03. The molecule has 3 heteroatoms. The van der Waals surface area contributed by atoms with Gasteiger partial charge in [0.15, 0.2) is 0 Å². The van der Waals surface area contributed by atoms with Crippen LogP contribution in [0.25, 0.3) is 0 Å². The van der Waals surface area contributed by atoms with Crippen LogP contribution in [-0.2, 0) is 13.1 Å². The van der Waals surface area contributed by atoms with E-state index in [1.807, 2.05) is 43.4 Å². The largest absolute Gasteiger partial charge is 0.468 e. The van der Waals surface area contributed by atoms with Gasteiger partial charge in [-0.15, -0.1) is 0 Å². The molecule has 1 aromatic heterocycles. The predicted octanol–water partition coefficient (Wildman–Crippen LogP) is 2.78. The van der Waals surface area contributed by atoms with Crippen LogP contribution < -0.4 is 0 Å². The zero-order valence-electron chi connectivity index (χ0n) is 9.76. The molecule has 0 aliphatic carbocycles. The van der Waals surface area contributed by atoms with Crippen LogP contribution in [0.2, 0.25) is 0 Å². The lowest BCUT2D eigenvalue weighted by molar-refractivity contribution is 0.287. The molecule has 1 heterocycles. The van der Waals surface area contributed by atoms with Crippen LogP contribution in [0.3, 0.4) is 0 Å². The van der Waals surface area contributed by atoms with Gasteiger partial charge in [-0.05, 0) is 30.8 Å². The van der Waals surface area contributed by atoms with Crippen LogP contribution >= 0.6 is 0 Å². The molecule has 17 heavy (non-hydrogen) atoms. The summed E-state index contributed by atoms with van der Waals surface area (Å²) in [6.45, 7) is 1.48. The van der Waals surface area contributed by atoms with E-state index in [-0.39, 0.29) is 0 Å². The van der Waals surface area contributed by atoms with E-state index in [9.17, 15) is 0 Å². The molecule has 0 N–H and O–H groups in total. The SMILES string of the molecule is CN(Cc1ccco1)Cc1ccccc1C#N. The Labute approximate surface area is 101 Å². The molecule has 3 nitrogen and oxygen atoms in total. The van der Waals surface area contributed by atoms with E-state index >= 15 is 0 Å². The molecular formula is C14H14N2O. The third kappa shape index (κ3) is 2.96. The van der Waals surface area contributed by atoms with Crippen LogP contribution in [0.5, 0.6) is 0 Å². The van der Waals surface area contributed by atoms with Crippen molar-refractivity contribution in [2.45, 2.75) is 13.1 Å². The van der Waals surface area contributed by atoms with Gasteiger partial charge in [0.1, 0.15) is 5.76 Å². The topological polar surface area (TPSA) is 40.2 Å². The molecule has 0 saturated carbocycles. The van der Waals surface area contributed by atoms with Crippen LogP contribution in [-0.4, -0.2) is 11.9 Å². The maximum Gasteiger partial charge on any atom is 0.117 e. The standard InChI is InChI=1S/C14H14N2O/c1-16(11-14-7-4-8-17-14)10-13-6-3-2-5-12(13)9-15/h2-8H,10-11H2,1H3. The Morgan fingerprint density at radius 1 is 1.18 bits per heavy atom. The van der Waals surface area contributed by atoms with E-state index in [4.69, 9.17) is 9.68 Å². The summed E-state index contributed by atoms with van der Waals surface area (Å²) in [6.07, 6.45) is 1.67. The van der Waals surface area contributed by atoms with Gasteiger partial charge >= 0.3 is 0 Å². The normalized spacial score (nSPS) is 10.4. The molecule has 0 radical (unpaired) electrons. The Bertz CT molecular complexity index is 511. The maximum absolute atomic E-state index is 9.00. The smallest absolute Gasteiger partial charge is 0.117 e. The van der Waals surface area contributed by atoms with Crippen molar-refractivity contribution in [3.8, 4) is 6.07 Å². The zero-order valence-corrected chi connectivity index (χ0v) is 9.76. The first-order valence-electron chi connectivity index (χ1n) is 5.48. The molecule has 86 valence electrons. The van der Waals surface area contributed by atoms with E-state index in [0.29, 0.717) is 0 Å². The number of nitriles is 1. The summed E-state index contributed by atoms with van der Waals surface area (Å²) in [4.78, 5) is 2.12. The number of hydrogen-bond acceptors (Lipinski definition) is 3. The zero-order chi connectivity index (χ0) is 12.1. The molecule has 1 aromatic carbocycles. The average molecular weight is 226 g/mol. The van der Waals surface area contributed by atoms with Crippen molar-refractivity contribution in [1.29, 1.82) is 5.26 Å². The van der Waals surface area contributed by atoms with Crippen molar-refractivity contribution in [2.75, 3.05) is 7.05 Å². The summed E-state index contributed by atoms with van der Waals surface area (Å²) < 4.78 is 5.29. The average Bonchev–Trinajstić information content (AvgIpc) is 2.82. The molecule has 0 saturated heterocycles. The summed E-state index contributed by atoms with van der Waals surface area (Å²) in [5.74, 6) is 0.932. The van der Waals surface area contributed by atoms with Gasteiger partial charge in [-0.3, -0.25) is 4.90 Å². The highest BCUT2D eigenvalue weighted by Gasteiger charge is 2.06. The summed E-state index contributed by atoms with van der Waals surface area (Å²) >= 11 is 0. The number of hydrogen-bond donors (Lipinski definition) is 0. The number of furan rings is 1. The monoisotopic (exact) mass is 226 g/mol. The second-order valence-corrected chi connectivity index (χ2v) is 4.02. The van der Waals surface area contributed by atoms with Gasteiger partial charge < -0.3 is 4.42 Å². The van der Waals surface area contributed by atoms with Crippen LogP contribution in [0.15, 0.2) is 47.1 Å². The summed E-state index contributed by atoms with van der Waals surface area (Å²) in [5.41, 5.74) is 1.78. The number of benzene rings is 1. The van der Waals surface area contributed by atoms with Gasteiger partial charge in [-0.1, -0.05) is 18.2 Å². The Morgan fingerprint density at radius 3 is 2.71 bits per heavy atom. The first-order chi connectivity index (χ1) is 8.29. The first-order valence-corrected chi connectivity index (χ1v) is 5.48. The summed E-state index contributed by atoms with van der Waals surface area (Å²) in [6, 6.07) is 13.7. The molecule has 2 rings (SSSR count). The minimum absolute atomic E-state index is 0.735. The third-order valence-electron chi connectivity index (χ3n) is 2.58. The van der Waals surface area contributed by atoms with Crippen molar-refractivity contribution in [1.82, 2.24) is 4.90 Å². The van der Waals surface area contributed by atoms with E-state index in [1.165, 1.54) is 0 Å². The van der Waals surface area contributed by atoms with Crippen molar-refractivity contribution < 1.29 is 4.42 Å². The van der Waals surface area contributed by atoms with E-state index in [1.54, 1.807) is 6.26 Å². The molecule has 0 fully saturated rings. The van der Waals surface area contributed by atoms with Crippen LogP contribution in [0.4, 0.5) is 0 Å². The van der Waals surface area contributed by atoms with Gasteiger partial charge in [-0.25, -0.2) is 0 Å². The lowest BCUT2D eigenvalue weighted by Gasteiger charge is -2.15. The molecular weight excluding hydrogens is 212 g/mol. The van der Waals surface area contributed by atoms with E-state index < -0.39 is 0 Å². The third-order valence-corrected chi connectivity index (χ3v) is 2.58. The second-order valence-electron chi connectivity index (χ2n) is 4.02. The second kappa shape index (κ2) is 5.33.